The van der Waals surface area contributed by atoms with E-state index in [1.54, 1.807) is 0 Å². The average Bonchev–Trinajstić information content (AvgIpc) is 3.10. The van der Waals surface area contributed by atoms with Crippen LogP contribution in [-0.4, -0.2) is 15.0 Å². The molecule has 0 spiro atoms. The summed E-state index contributed by atoms with van der Waals surface area (Å²) in [6.45, 7) is 0. The molecule has 0 saturated carbocycles. The van der Waals surface area contributed by atoms with Crippen molar-refractivity contribution in [2.45, 2.75) is 25.7 Å². The number of aromatic nitrogens is 3. The first kappa shape index (κ1) is 12.8. The fourth-order valence-electron chi connectivity index (χ4n) is 3.90. The van der Waals surface area contributed by atoms with Crippen LogP contribution < -0.4 is 0 Å². The fraction of sp³-hybridized carbons (Fsp3) is 0.200. The van der Waals surface area contributed by atoms with E-state index in [9.17, 15) is 0 Å². The maximum Gasteiger partial charge on any atom is 0.0759 e. The van der Waals surface area contributed by atoms with Gasteiger partial charge in [-0.15, -0.1) is 0 Å². The van der Waals surface area contributed by atoms with Gasteiger partial charge in [0.1, 0.15) is 0 Å². The lowest BCUT2D eigenvalue weighted by molar-refractivity contribution is 0.689. The molecule has 1 N–H and O–H groups in total. The van der Waals surface area contributed by atoms with E-state index in [1.165, 1.54) is 40.3 Å². The molecule has 3 aromatic heterocycles. The summed E-state index contributed by atoms with van der Waals surface area (Å²) in [7, 11) is 0. The second-order valence-corrected chi connectivity index (χ2v) is 6.26. The molecule has 0 radical (unpaired) electrons. The Balaban J connectivity index is 1.92. The summed E-state index contributed by atoms with van der Waals surface area (Å²) in [6.07, 6.45) is 10.5. The predicted octanol–water partition coefficient (Wildman–Crippen LogP) is 4.66. The highest BCUT2D eigenvalue weighted by molar-refractivity contribution is 6.08. The molecule has 0 bridgehead atoms. The number of pyridine rings is 2. The smallest absolute Gasteiger partial charge is 0.0759 e. The zero-order valence-corrected chi connectivity index (χ0v) is 12.8. The monoisotopic (exact) mass is 299 g/mol. The average molecular weight is 299 g/mol. The summed E-state index contributed by atoms with van der Waals surface area (Å²) in [5.74, 6) is 0. The molecule has 0 aliphatic heterocycles. The van der Waals surface area contributed by atoms with E-state index in [2.05, 4.69) is 34.2 Å². The van der Waals surface area contributed by atoms with E-state index in [0.717, 1.165) is 29.6 Å². The van der Waals surface area contributed by atoms with Crippen molar-refractivity contribution in [3.8, 4) is 11.3 Å². The molecule has 23 heavy (non-hydrogen) atoms. The second-order valence-electron chi connectivity index (χ2n) is 6.26. The molecule has 5 rings (SSSR count). The molecule has 0 unspecified atom stereocenters. The Morgan fingerprint density at radius 1 is 0.957 bits per heavy atom. The number of hydrogen-bond donors (Lipinski definition) is 1. The summed E-state index contributed by atoms with van der Waals surface area (Å²) in [4.78, 5) is 12.6. The van der Waals surface area contributed by atoms with Crippen molar-refractivity contribution in [2.24, 2.45) is 0 Å². The van der Waals surface area contributed by atoms with Gasteiger partial charge in [-0.2, -0.15) is 0 Å². The van der Waals surface area contributed by atoms with E-state index in [4.69, 9.17) is 4.98 Å². The Hall–Kier alpha value is -2.68. The molecule has 3 heteroatoms. The van der Waals surface area contributed by atoms with Crippen LogP contribution in [-0.2, 0) is 12.8 Å². The number of H-pyrrole nitrogens is 1. The van der Waals surface area contributed by atoms with E-state index in [1.807, 2.05) is 24.7 Å². The standard InChI is InChI=1S/C20H17N3/c1-2-6-15-14(5-1)19-16-9-11-22-17(16)7-8-18(19)23-20(15)13-4-3-10-21-12-13/h3-4,7-12,22H,1-2,5-6H2. The topological polar surface area (TPSA) is 41.6 Å². The van der Waals surface area contributed by atoms with Crippen LogP contribution in [0.25, 0.3) is 33.1 Å². The first-order valence-electron chi connectivity index (χ1n) is 8.24. The molecule has 3 heterocycles. The quantitative estimate of drug-likeness (QED) is 0.555. The Morgan fingerprint density at radius 3 is 2.74 bits per heavy atom. The summed E-state index contributed by atoms with van der Waals surface area (Å²) < 4.78 is 0. The zero-order valence-electron chi connectivity index (χ0n) is 12.8. The van der Waals surface area contributed by atoms with Crippen molar-refractivity contribution < 1.29 is 0 Å². The van der Waals surface area contributed by atoms with E-state index >= 15 is 0 Å². The van der Waals surface area contributed by atoms with Crippen LogP contribution in [0.5, 0.6) is 0 Å². The van der Waals surface area contributed by atoms with Crippen LogP contribution in [0.1, 0.15) is 24.0 Å². The van der Waals surface area contributed by atoms with Crippen molar-refractivity contribution >= 4 is 21.8 Å². The van der Waals surface area contributed by atoms with Gasteiger partial charge in [0.25, 0.3) is 0 Å². The summed E-state index contributed by atoms with van der Waals surface area (Å²) >= 11 is 0. The molecular weight excluding hydrogens is 282 g/mol. The summed E-state index contributed by atoms with van der Waals surface area (Å²) in [5.41, 5.74) is 7.45. The van der Waals surface area contributed by atoms with Crippen LogP contribution in [0.15, 0.2) is 48.9 Å². The van der Waals surface area contributed by atoms with Gasteiger partial charge in [0.2, 0.25) is 0 Å². The van der Waals surface area contributed by atoms with Gasteiger partial charge >= 0.3 is 0 Å². The first-order valence-corrected chi connectivity index (χ1v) is 8.24. The molecule has 0 fully saturated rings. The van der Waals surface area contributed by atoms with E-state index < -0.39 is 0 Å². The predicted molar refractivity (Wildman–Crippen MR) is 93.5 cm³/mol. The van der Waals surface area contributed by atoms with Crippen LogP contribution in [0, 0.1) is 0 Å². The largest absolute Gasteiger partial charge is 0.361 e. The Kier molecular flexibility index (Phi) is 2.74. The number of fused-ring (bicyclic) bond motifs is 5. The van der Waals surface area contributed by atoms with Gasteiger partial charge in [-0.05, 0) is 67.1 Å². The summed E-state index contributed by atoms with van der Waals surface area (Å²) in [6, 6.07) is 10.6. The third-order valence-electron chi connectivity index (χ3n) is 4.94. The van der Waals surface area contributed by atoms with Crippen LogP contribution in [0.2, 0.25) is 0 Å². The van der Waals surface area contributed by atoms with Crippen molar-refractivity contribution in [2.75, 3.05) is 0 Å². The Labute approximate surface area is 134 Å². The van der Waals surface area contributed by atoms with Crippen molar-refractivity contribution in [3.05, 3.63) is 60.0 Å². The fourth-order valence-corrected chi connectivity index (χ4v) is 3.90. The highest BCUT2D eigenvalue weighted by atomic mass is 14.7. The minimum Gasteiger partial charge on any atom is -0.361 e. The maximum atomic E-state index is 5.03. The number of hydrogen-bond acceptors (Lipinski definition) is 2. The van der Waals surface area contributed by atoms with Gasteiger partial charge in [-0.25, -0.2) is 4.98 Å². The molecule has 3 nitrogen and oxygen atoms in total. The molecule has 0 saturated heterocycles. The second kappa shape index (κ2) is 4.92. The number of aromatic amines is 1. The number of aryl methyl sites for hydroxylation is 1. The lowest BCUT2D eigenvalue weighted by Crippen LogP contribution is -2.07. The molecule has 4 aromatic rings. The summed E-state index contributed by atoms with van der Waals surface area (Å²) in [5, 5.41) is 2.64. The van der Waals surface area contributed by atoms with Gasteiger partial charge in [0.15, 0.2) is 0 Å². The lowest BCUT2D eigenvalue weighted by atomic mass is 9.86. The molecule has 1 aliphatic rings. The van der Waals surface area contributed by atoms with Crippen molar-refractivity contribution in [3.63, 3.8) is 0 Å². The third-order valence-corrected chi connectivity index (χ3v) is 4.94. The van der Waals surface area contributed by atoms with Crippen molar-refractivity contribution in [1.82, 2.24) is 15.0 Å². The van der Waals surface area contributed by atoms with Gasteiger partial charge in [0.05, 0.1) is 11.2 Å². The number of nitrogens with one attached hydrogen (secondary N) is 1. The van der Waals surface area contributed by atoms with Crippen LogP contribution >= 0.6 is 0 Å². The third kappa shape index (κ3) is 1.89. The van der Waals surface area contributed by atoms with Crippen LogP contribution in [0.4, 0.5) is 0 Å². The normalized spacial score (nSPS) is 14.3. The molecule has 0 atom stereocenters. The molecule has 1 aliphatic carbocycles. The van der Waals surface area contributed by atoms with Crippen molar-refractivity contribution in [1.29, 1.82) is 0 Å². The number of rotatable bonds is 1. The minimum atomic E-state index is 1.09. The first-order chi connectivity index (χ1) is 11.4. The number of benzene rings is 1. The highest BCUT2D eigenvalue weighted by Crippen LogP contribution is 2.37. The van der Waals surface area contributed by atoms with Gasteiger partial charge in [-0.3, -0.25) is 4.98 Å². The van der Waals surface area contributed by atoms with Gasteiger partial charge < -0.3 is 4.98 Å². The molecule has 1 aromatic carbocycles. The van der Waals surface area contributed by atoms with Crippen LogP contribution in [0.3, 0.4) is 0 Å². The van der Waals surface area contributed by atoms with E-state index in [-0.39, 0.29) is 0 Å². The SMILES string of the molecule is c1cncc(-c2nc3ccc4[nH]ccc4c3c3c2CCCC3)c1. The highest BCUT2D eigenvalue weighted by Gasteiger charge is 2.20. The zero-order chi connectivity index (χ0) is 15.2. The number of nitrogens with zero attached hydrogens (tertiary/aromatic N) is 2. The van der Waals surface area contributed by atoms with E-state index in [0.29, 0.717) is 0 Å². The van der Waals surface area contributed by atoms with Gasteiger partial charge in [-0.1, -0.05) is 0 Å². The lowest BCUT2D eigenvalue weighted by Gasteiger charge is -2.21. The molecular formula is C20H17N3. The Morgan fingerprint density at radius 2 is 1.87 bits per heavy atom. The Bertz CT molecular complexity index is 1020. The van der Waals surface area contributed by atoms with Gasteiger partial charge in [0, 0.05) is 40.4 Å². The molecule has 0 amide bonds. The molecule has 112 valence electrons. The minimum absolute atomic E-state index is 1.09. The maximum absolute atomic E-state index is 5.03.